The van der Waals surface area contributed by atoms with Crippen LogP contribution in [0.15, 0.2) is 22.7 Å². The van der Waals surface area contributed by atoms with Gasteiger partial charge in [0.15, 0.2) is 0 Å². The maximum absolute atomic E-state index is 11.2. The minimum Gasteiger partial charge on any atom is -0.469 e. The Morgan fingerprint density at radius 2 is 2.40 bits per heavy atom. The van der Waals surface area contributed by atoms with Crippen LogP contribution < -0.4 is 0 Å². The van der Waals surface area contributed by atoms with Crippen LogP contribution in [0.25, 0.3) is 0 Å². The zero-order chi connectivity index (χ0) is 10.8. The Bertz CT molecular complexity index is 387. The molecular weight excluding hydrogens is 256 g/mol. The molecule has 80 valence electrons. The lowest BCUT2D eigenvalue weighted by atomic mass is 9.98. The fourth-order valence-electron chi connectivity index (χ4n) is 2.19. The predicted molar refractivity (Wildman–Crippen MR) is 61.8 cm³/mol. The molecule has 1 atom stereocenters. The van der Waals surface area contributed by atoms with Crippen molar-refractivity contribution in [3.05, 3.63) is 33.8 Å². The second-order valence-electron chi connectivity index (χ2n) is 3.82. The van der Waals surface area contributed by atoms with Crippen molar-refractivity contribution in [2.45, 2.75) is 25.2 Å². The highest BCUT2D eigenvalue weighted by molar-refractivity contribution is 9.10. The van der Waals surface area contributed by atoms with Crippen molar-refractivity contribution in [3.8, 4) is 0 Å². The molecule has 0 fully saturated rings. The zero-order valence-corrected chi connectivity index (χ0v) is 10.2. The largest absolute Gasteiger partial charge is 0.469 e. The monoisotopic (exact) mass is 268 g/mol. The van der Waals surface area contributed by atoms with Crippen molar-refractivity contribution in [3.63, 3.8) is 0 Å². The van der Waals surface area contributed by atoms with E-state index < -0.39 is 0 Å². The van der Waals surface area contributed by atoms with E-state index in [0.717, 1.165) is 17.3 Å². The number of rotatable bonds is 2. The minimum absolute atomic E-state index is 0.118. The molecule has 0 spiro atoms. The molecule has 3 heteroatoms. The van der Waals surface area contributed by atoms with Crippen molar-refractivity contribution >= 4 is 21.9 Å². The quantitative estimate of drug-likeness (QED) is 0.771. The van der Waals surface area contributed by atoms with Crippen molar-refractivity contribution in [1.29, 1.82) is 0 Å². The van der Waals surface area contributed by atoms with E-state index in [-0.39, 0.29) is 5.97 Å². The van der Waals surface area contributed by atoms with Crippen LogP contribution in [0, 0.1) is 0 Å². The van der Waals surface area contributed by atoms with Crippen LogP contribution >= 0.6 is 15.9 Å². The molecule has 0 amide bonds. The van der Waals surface area contributed by atoms with E-state index in [4.69, 9.17) is 4.74 Å². The van der Waals surface area contributed by atoms with Crippen molar-refractivity contribution < 1.29 is 9.53 Å². The van der Waals surface area contributed by atoms with Crippen molar-refractivity contribution in [1.82, 2.24) is 0 Å². The van der Waals surface area contributed by atoms with Gasteiger partial charge in [0, 0.05) is 4.47 Å². The van der Waals surface area contributed by atoms with Gasteiger partial charge in [0.05, 0.1) is 13.5 Å². The first-order valence-electron chi connectivity index (χ1n) is 5.06. The molecule has 1 aromatic carbocycles. The number of halogens is 1. The van der Waals surface area contributed by atoms with Gasteiger partial charge in [-0.25, -0.2) is 0 Å². The SMILES string of the molecule is COC(=O)CC1CCc2c(Br)cccc21. The summed E-state index contributed by atoms with van der Waals surface area (Å²) < 4.78 is 5.87. The average Bonchev–Trinajstić information content (AvgIpc) is 2.63. The van der Waals surface area contributed by atoms with Gasteiger partial charge in [-0.3, -0.25) is 4.79 Å². The fraction of sp³-hybridized carbons (Fsp3) is 0.417. The first-order chi connectivity index (χ1) is 7.22. The molecule has 1 aromatic rings. The summed E-state index contributed by atoms with van der Waals surface area (Å²) in [5.41, 5.74) is 2.65. The number of hydrogen-bond donors (Lipinski definition) is 0. The first-order valence-corrected chi connectivity index (χ1v) is 5.85. The summed E-state index contributed by atoms with van der Waals surface area (Å²) in [6.07, 6.45) is 2.60. The first kappa shape index (κ1) is 10.7. The molecule has 15 heavy (non-hydrogen) atoms. The van der Waals surface area contributed by atoms with E-state index in [9.17, 15) is 4.79 Å². The summed E-state index contributed by atoms with van der Waals surface area (Å²) in [5.74, 6) is 0.220. The van der Waals surface area contributed by atoms with E-state index in [1.54, 1.807) is 0 Å². The van der Waals surface area contributed by atoms with Gasteiger partial charge in [-0.1, -0.05) is 28.1 Å². The van der Waals surface area contributed by atoms with E-state index >= 15 is 0 Å². The Morgan fingerprint density at radius 1 is 1.60 bits per heavy atom. The molecule has 0 aliphatic heterocycles. The topological polar surface area (TPSA) is 26.3 Å². The Labute approximate surface area is 97.8 Å². The summed E-state index contributed by atoms with van der Waals surface area (Å²) >= 11 is 3.54. The van der Waals surface area contributed by atoms with Gasteiger partial charge in [-0.2, -0.15) is 0 Å². The lowest BCUT2D eigenvalue weighted by Crippen LogP contribution is -2.06. The van der Waals surface area contributed by atoms with Gasteiger partial charge < -0.3 is 4.74 Å². The highest BCUT2D eigenvalue weighted by Crippen LogP contribution is 2.38. The molecule has 0 saturated carbocycles. The summed E-state index contributed by atoms with van der Waals surface area (Å²) in [4.78, 5) is 11.2. The summed E-state index contributed by atoms with van der Waals surface area (Å²) in [6, 6.07) is 6.19. The van der Waals surface area contributed by atoms with E-state index in [0.29, 0.717) is 12.3 Å². The minimum atomic E-state index is -0.118. The van der Waals surface area contributed by atoms with Gasteiger partial charge >= 0.3 is 5.97 Å². The number of ether oxygens (including phenoxy) is 1. The third-order valence-corrected chi connectivity index (χ3v) is 3.72. The number of hydrogen-bond acceptors (Lipinski definition) is 2. The number of carbonyl (C=O) groups is 1. The normalized spacial score (nSPS) is 18.7. The van der Waals surface area contributed by atoms with Gasteiger partial charge in [0.1, 0.15) is 0 Å². The van der Waals surface area contributed by atoms with E-state index in [1.807, 2.05) is 6.07 Å². The molecule has 1 aliphatic carbocycles. The number of esters is 1. The molecule has 2 rings (SSSR count). The van der Waals surface area contributed by atoms with Gasteiger partial charge in [0.25, 0.3) is 0 Å². The third kappa shape index (κ3) is 2.07. The maximum Gasteiger partial charge on any atom is 0.306 e. The van der Waals surface area contributed by atoms with E-state index in [1.165, 1.54) is 18.2 Å². The predicted octanol–water partition coefficient (Wildman–Crippen LogP) is 3.04. The Kier molecular flexibility index (Phi) is 3.10. The number of carbonyl (C=O) groups excluding carboxylic acids is 1. The standard InChI is InChI=1S/C12H13BrO2/c1-15-12(14)7-8-5-6-10-9(8)3-2-4-11(10)13/h2-4,8H,5-7H2,1H3. The fourth-order valence-corrected chi connectivity index (χ4v) is 2.77. The molecule has 0 N–H and O–H groups in total. The van der Waals surface area contributed by atoms with Crippen LogP contribution in [0.2, 0.25) is 0 Å². The second kappa shape index (κ2) is 4.35. The zero-order valence-electron chi connectivity index (χ0n) is 8.63. The molecule has 1 aliphatic rings. The highest BCUT2D eigenvalue weighted by Gasteiger charge is 2.26. The highest BCUT2D eigenvalue weighted by atomic mass is 79.9. The average molecular weight is 269 g/mol. The summed E-state index contributed by atoms with van der Waals surface area (Å²) in [5, 5.41) is 0. The number of fused-ring (bicyclic) bond motifs is 1. The Hall–Kier alpha value is -0.830. The maximum atomic E-state index is 11.2. The third-order valence-electron chi connectivity index (χ3n) is 2.98. The van der Waals surface area contributed by atoms with E-state index in [2.05, 4.69) is 28.1 Å². The molecule has 0 heterocycles. The molecule has 2 nitrogen and oxygen atoms in total. The van der Waals surface area contributed by atoms with Crippen LogP contribution in [0.4, 0.5) is 0 Å². The summed E-state index contributed by atoms with van der Waals surface area (Å²) in [6.45, 7) is 0. The van der Waals surface area contributed by atoms with Gasteiger partial charge in [-0.15, -0.1) is 0 Å². The molecule has 0 bridgehead atoms. The lowest BCUT2D eigenvalue weighted by Gasteiger charge is -2.09. The van der Waals surface area contributed by atoms with Crippen LogP contribution in [-0.4, -0.2) is 13.1 Å². The number of benzene rings is 1. The smallest absolute Gasteiger partial charge is 0.306 e. The van der Waals surface area contributed by atoms with Gasteiger partial charge in [0.2, 0.25) is 0 Å². The molecule has 1 unspecified atom stereocenters. The Balaban J connectivity index is 2.21. The van der Waals surface area contributed by atoms with Crippen molar-refractivity contribution in [2.24, 2.45) is 0 Å². The molecule has 0 radical (unpaired) electrons. The van der Waals surface area contributed by atoms with Crippen LogP contribution in [0.5, 0.6) is 0 Å². The van der Waals surface area contributed by atoms with Crippen LogP contribution in [-0.2, 0) is 16.0 Å². The lowest BCUT2D eigenvalue weighted by molar-refractivity contribution is -0.141. The second-order valence-corrected chi connectivity index (χ2v) is 4.68. The van der Waals surface area contributed by atoms with Crippen LogP contribution in [0.1, 0.15) is 29.9 Å². The Morgan fingerprint density at radius 3 is 3.13 bits per heavy atom. The number of methoxy groups -OCH3 is 1. The van der Waals surface area contributed by atoms with Crippen molar-refractivity contribution in [2.75, 3.05) is 7.11 Å². The van der Waals surface area contributed by atoms with Gasteiger partial charge in [-0.05, 0) is 36.0 Å². The summed E-state index contributed by atoms with van der Waals surface area (Å²) in [7, 11) is 1.44. The van der Waals surface area contributed by atoms with Crippen LogP contribution in [0.3, 0.4) is 0 Å². The molecule has 0 aromatic heterocycles. The molecule has 0 saturated heterocycles. The molecular formula is C12H13BrO2.